The van der Waals surface area contributed by atoms with E-state index < -0.39 is 5.82 Å². The molecule has 0 radical (unpaired) electrons. The normalized spacial score (nSPS) is 14.1. The van der Waals surface area contributed by atoms with E-state index in [-0.39, 0.29) is 30.5 Å². The van der Waals surface area contributed by atoms with Gasteiger partial charge in [0.2, 0.25) is 11.8 Å². The summed E-state index contributed by atoms with van der Waals surface area (Å²) in [6.07, 6.45) is 0. The molecular weight excluding hydrogens is 421 g/mol. The lowest BCUT2D eigenvalue weighted by Gasteiger charge is -2.36. The van der Waals surface area contributed by atoms with Crippen molar-refractivity contribution in [2.75, 3.05) is 56.5 Å². The van der Waals surface area contributed by atoms with Gasteiger partial charge in [-0.3, -0.25) is 14.5 Å². The van der Waals surface area contributed by atoms with Crippen molar-refractivity contribution in [3.63, 3.8) is 0 Å². The minimum absolute atomic E-state index is 0.0829. The van der Waals surface area contributed by atoms with Crippen LogP contribution in [0.5, 0.6) is 0 Å². The molecule has 1 aliphatic heterocycles. The zero-order chi connectivity index (χ0) is 22.4. The summed E-state index contributed by atoms with van der Waals surface area (Å²) in [5.74, 6) is -0.926. The first-order valence-electron chi connectivity index (χ1n) is 9.82. The predicted molar refractivity (Wildman–Crippen MR) is 117 cm³/mol. The third-order valence-corrected chi connectivity index (χ3v) is 5.43. The molecule has 31 heavy (non-hydrogen) atoms. The summed E-state index contributed by atoms with van der Waals surface area (Å²) in [4.78, 5) is 30.0. The van der Waals surface area contributed by atoms with Crippen LogP contribution in [-0.4, -0.2) is 67.9 Å². The van der Waals surface area contributed by atoms with Gasteiger partial charge in [-0.15, -0.1) is 0 Å². The van der Waals surface area contributed by atoms with E-state index in [1.54, 1.807) is 43.4 Å². The maximum Gasteiger partial charge on any atom is 0.244 e. The van der Waals surface area contributed by atoms with Crippen LogP contribution in [0.25, 0.3) is 0 Å². The number of nitrogens with one attached hydrogen (secondary N) is 1. The summed E-state index contributed by atoms with van der Waals surface area (Å²) < 4.78 is 14.2. The molecule has 9 heteroatoms. The molecule has 0 atom stereocenters. The monoisotopic (exact) mass is 443 g/mol. The van der Waals surface area contributed by atoms with E-state index in [0.717, 1.165) is 0 Å². The zero-order valence-corrected chi connectivity index (χ0v) is 17.9. The quantitative estimate of drug-likeness (QED) is 0.742. The van der Waals surface area contributed by atoms with Gasteiger partial charge in [0.05, 0.1) is 41.1 Å². The summed E-state index contributed by atoms with van der Waals surface area (Å²) in [5, 5.41) is 12.0. The van der Waals surface area contributed by atoms with Gasteiger partial charge in [0.25, 0.3) is 0 Å². The highest BCUT2D eigenvalue weighted by molar-refractivity contribution is 6.33. The Hall–Kier alpha value is -3.15. The second-order valence-corrected chi connectivity index (χ2v) is 7.73. The molecule has 1 aliphatic rings. The van der Waals surface area contributed by atoms with Gasteiger partial charge in [-0.05, 0) is 30.3 Å². The molecule has 3 rings (SSSR count). The molecule has 2 aromatic carbocycles. The lowest BCUT2D eigenvalue weighted by molar-refractivity contribution is -0.134. The van der Waals surface area contributed by atoms with E-state index >= 15 is 0 Å². The summed E-state index contributed by atoms with van der Waals surface area (Å²) in [7, 11) is 1.58. The first kappa shape index (κ1) is 22.5. The number of halogens is 2. The number of likely N-dealkylation sites (N-methyl/N-ethyl adjacent to an activating group) is 1. The summed E-state index contributed by atoms with van der Waals surface area (Å²) in [6.45, 7) is 2.40. The average molecular weight is 444 g/mol. The second kappa shape index (κ2) is 10.2. The molecule has 1 fully saturated rings. The van der Waals surface area contributed by atoms with Gasteiger partial charge in [-0.1, -0.05) is 23.7 Å². The van der Waals surface area contributed by atoms with Gasteiger partial charge < -0.3 is 15.1 Å². The van der Waals surface area contributed by atoms with Gasteiger partial charge >= 0.3 is 0 Å². The van der Waals surface area contributed by atoms with E-state index in [9.17, 15) is 14.0 Å². The Bertz CT molecular complexity index is 1000. The molecule has 0 saturated carbocycles. The zero-order valence-electron chi connectivity index (χ0n) is 17.1. The average Bonchev–Trinajstić information content (AvgIpc) is 2.76. The molecular formula is C22H23ClFN5O2. The predicted octanol–water partition coefficient (Wildman–Crippen LogP) is 2.57. The SMILES string of the molecule is CN(CC(=O)Nc1ccccc1Cl)C(=O)CN1CCN(c2ccc(C#N)cc2F)CC1. The smallest absolute Gasteiger partial charge is 0.244 e. The van der Waals surface area contributed by atoms with E-state index in [1.165, 1.54) is 11.0 Å². The number of carbonyl (C=O) groups excluding carboxylic acids is 2. The fourth-order valence-corrected chi connectivity index (χ4v) is 3.53. The molecule has 0 unspecified atom stereocenters. The van der Waals surface area contributed by atoms with Crippen LogP contribution >= 0.6 is 11.6 Å². The number of hydrogen-bond donors (Lipinski definition) is 1. The molecule has 0 aromatic heterocycles. The number of carbonyl (C=O) groups is 2. The number of hydrogen-bond acceptors (Lipinski definition) is 5. The summed E-state index contributed by atoms with van der Waals surface area (Å²) >= 11 is 6.03. The summed E-state index contributed by atoms with van der Waals surface area (Å²) in [5.41, 5.74) is 1.24. The number of nitrogens with zero attached hydrogens (tertiary/aromatic N) is 4. The van der Waals surface area contributed by atoms with Gasteiger partial charge in [0, 0.05) is 33.2 Å². The number of rotatable bonds is 6. The number of nitriles is 1. The van der Waals surface area contributed by atoms with Crippen molar-refractivity contribution in [3.8, 4) is 6.07 Å². The van der Waals surface area contributed by atoms with Crippen LogP contribution in [0, 0.1) is 17.1 Å². The third kappa shape index (κ3) is 5.94. The van der Waals surface area contributed by atoms with Crippen LogP contribution in [0.15, 0.2) is 42.5 Å². The molecule has 2 aromatic rings. The van der Waals surface area contributed by atoms with Gasteiger partial charge in [-0.25, -0.2) is 4.39 Å². The lowest BCUT2D eigenvalue weighted by atomic mass is 10.2. The largest absolute Gasteiger partial charge is 0.367 e. The molecule has 2 amide bonds. The molecule has 1 N–H and O–H groups in total. The topological polar surface area (TPSA) is 79.7 Å². The van der Waals surface area contributed by atoms with Crippen molar-refractivity contribution >= 4 is 34.8 Å². The van der Waals surface area contributed by atoms with Crippen LogP contribution in [0.4, 0.5) is 15.8 Å². The Morgan fingerprint density at radius 3 is 2.55 bits per heavy atom. The van der Waals surface area contributed by atoms with E-state index in [2.05, 4.69) is 5.32 Å². The van der Waals surface area contributed by atoms with Crippen molar-refractivity contribution in [2.24, 2.45) is 0 Å². The maximum absolute atomic E-state index is 14.2. The molecule has 0 aliphatic carbocycles. The Morgan fingerprint density at radius 1 is 1.19 bits per heavy atom. The molecule has 0 spiro atoms. The molecule has 1 saturated heterocycles. The molecule has 0 bridgehead atoms. The Morgan fingerprint density at radius 2 is 1.90 bits per heavy atom. The number of piperazine rings is 1. The third-order valence-electron chi connectivity index (χ3n) is 5.10. The van der Waals surface area contributed by atoms with Crippen LogP contribution < -0.4 is 10.2 Å². The van der Waals surface area contributed by atoms with Crippen molar-refractivity contribution in [2.45, 2.75) is 0 Å². The minimum Gasteiger partial charge on any atom is -0.367 e. The summed E-state index contributed by atoms with van der Waals surface area (Å²) in [6, 6.07) is 13.3. The fraction of sp³-hybridized carbons (Fsp3) is 0.318. The maximum atomic E-state index is 14.2. The highest BCUT2D eigenvalue weighted by atomic mass is 35.5. The Balaban J connectivity index is 1.46. The van der Waals surface area contributed by atoms with Crippen molar-refractivity contribution in [1.29, 1.82) is 5.26 Å². The van der Waals surface area contributed by atoms with Crippen molar-refractivity contribution in [3.05, 3.63) is 58.9 Å². The standard InChI is InChI=1S/C22H23ClFN5O2/c1-27(14-21(30)26-19-5-3-2-4-17(19)23)22(31)15-28-8-10-29(11-9-28)20-7-6-16(13-25)12-18(20)24/h2-7,12H,8-11,14-15H2,1H3,(H,26,30). The van der Waals surface area contributed by atoms with Gasteiger partial charge in [-0.2, -0.15) is 5.26 Å². The molecule has 7 nitrogen and oxygen atoms in total. The first-order chi connectivity index (χ1) is 14.9. The highest BCUT2D eigenvalue weighted by Crippen LogP contribution is 2.22. The molecule has 1 heterocycles. The van der Waals surface area contributed by atoms with Crippen molar-refractivity contribution in [1.82, 2.24) is 9.80 Å². The van der Waals surface area contributed by atoms with Crippen LogP contribution in [-0.2, 0) is 9.59 Å². The Kier molecular flexibility index (Phi) is 7.45. The van der Waals surface area contributed by atoms with Crippen LogP contribution in [0.3, 0.4) is 0 Å². The number of amides is 2. The molecule has 162 valence electrons. The number of para-hydroxylation sites is 1. The van der Waals surface area contributed by atoms with Crippen LogP contribution in [0.2, 0.25) is 5.02 Å². The first-order valence-corrected chi connectivity index (χ1v) is 10.2. The lowest BCUT2D eigenvalue weighted by Crippen LogP contribution is -2.50. The van der Waals surface area contributed by atoms with Gasteiger partial charge in [0.1, 0.15) is 5.82 Å². The van der Waals surface area contributed by atoms with Crippen LogP contribution in [0.1, 0.15) is 5.56 Å². The van der Waals surface area contributed by atoms with E-state index in [0.29, 0.717) is 42.6 Å². The van der Waals surface area contributed by atoms with E-state index in [1.807, 2.05) is 15.9 Å². The number of benzene rings is 2. The van der Waals surface area contributed by atoms with Crippen molar-refractivity contribution < 1.29 is 14.0 Å². The van der Waals surface area contributed by atoms with Gasteiger partial charge in [0.15, 0.2) is 0 Å². The Labute approximate surface area is 185 Å². The highest BCUT2D eigenvalue weighted by Gasteiger charge is 2.23. The second-order valence-electron chi connectivity index (χ2n) is 7.32. The van der Waals surface area contributed by atoms with E-state index in [4.69, 9.17) is 16.9 Å². The number of anilines is 2. The minimum atomic E-state index is -0.423. The fourth-order valence-electron chi connectivity index (χ4n) is 3.35.